The normalized spacial score (nSPS) is 19.2. The Morgan fingerprint density at radius 2 is 1.87 bits per heavy atom. The molecule has 0 unspecified atom stereocenters. The molecule has 1 aromatic heterocycles. The minimum atomic E-state index is -0.994. The zero-order chi connectivity index (χ0) is 15.9. The zero-order valence-electron chi connectivity index (χ0n) is 12.7. The Kier molecular flexibility index (Phi) is 3.05. The van der Waals surface area contributed by atoms with E-state index in [1.165, 1.54) is 6.92 Å². The Morgan fingerprint density at radius 3 is 2.74 bits per heavy atom. The van der Waals surface area contributed by atoms with Crippen molar-refractivity contribution in [3.63, 3.8) is 0 Å². The topological polar surface area (TPSA) is 48.4 Å². The summed E-state index contributed by atoms with van der Waals surface area (Å²) in [5, 5.41) is 1.04. The number of aromatic nitrogens is 1. The SMILES string of the molecule is CC(=O)O[C@]1(c2ccc3ccccc3n2)COc2ccccc21. The number of pyridine rings is 1. The quantitative estimate of drug-likeness (QED) is 0.681. The molecule has 1 atom stereocenters. The molecule has 1 aliphatic heterocycles. The van der Waals surface area contributed by atoms with Crippen LogP contribution in [0.3, 0.4) is 0 Å². The summed E-state index contributed by atoms with van der Waals surface area (Å²) < 4.78 is 11.5. The van der Waals surface area contributed by atoms with Crippen molar-refractivity contribution < 1.29 is 14.3 Å². The van der Waals surface area contributed by atoms with Crippen LogP contribution in [0.5, 0.6) is 5.75 Å². The summed E-state index contributed by atoms with van der Waals surface area (Å²) in [6.07, 6.45) is 0. The second-order valence-electron chi connectivity index (χ2n) is 5.59. The average Bonchev–Trinajstić information content (AvgIpc) is 2.94. The van der Waals surface area contributed by atoms with Crippen LogP contribution in [0.1, 0.15) is 18.2 Å². The monoisotopic (exact) mass is 305 g/mol. The van der Waals surface area contributed by atoms with Crippen LogP contribution in [-0.4, -0.2) is 17.6 Å². The van der Waals surface area contributed by atoms with Gasteiger partial charge in [0.05, 0.1) is 11.2 Å². The molecule has 3 aromatic rings. The lowest BCUT2D eigenvalue weighted by Crippen LogP contribution is -2.35. The Balaban J connectivity index is 1.94. The lowest BCUT2D eigenvalue weighted by Gasteiger charge is -2.27. The van der Waals surface area contributed by atoms with Crippen LogP contribution in [0.2, 0.25) is 0 Å². The van der Waals surface area contributed by atoms with Crippen LogP contribution in [0.4, 0.5) is 0 Å². The van der Waals surface area contributed by atoms with E-state index in [0.29, 0.717) is 5.69 Å². The van der Waals surface area contributed by atoms with Crippen molar-refractivity contribution in [2.24, 2.45) is 0 Å². The van der Waals surface area contributed by atoms with E-state index in [9.17, 15) is 4.79 Å². The Labute approximate surface area is 133 Å². The van der Waals surface area contributed by atoms with Crippen molar-refractivity contribution in [2.75, 3.05) is 6.61 Å². The minimum Gasteiger partial charge on any atom is -0.488 e. The van der Waals surface area contributed by atoms with Crippen LogP contribution < -0.4 is 4.74 Å². The molecule has 114 valence electrons. The number of carbonyl (C=O) groups excluding carboxylic acids is 1. The average molecular weight is 305 g/mol. The van der Waals surface area contributed by atoms with E-state index in [1.807, 2.05) is 60.7 Å². The molecular weight excluding hydrogens is 290 g/mol. The number of hydrogen-bond acceptors (Lipinski definition) is 4. The summed E-state index contributed by atoms with van der Waals surface area (Å²) in [6, 6.07) is 19.4. The van der Waals surface area contributed by atoms with E-state index in [4.69, 9.17) is 14.5 Å². The highest BCUT2D eigenvalue weighted by Crippen LogP contribution is 2.44. The van der Waals surface area contributed by atoms with Gasteiger partial charge in [0.2, 0.25) is 5.60 Å². The first-order valence-electron chi connectivity index (χ1n) is 7.47. The fourth-order valence-electron chi connectivity index (χ4n) is 3.07. The van der Waals surface area contributed by atoms with Crippen molar-refractivity contribution >= 4 is 16.9 Å². The molecule has 0 amide bonds. The van der Waals surface area contributed by atoms with E-state index in [0.717, 1.165) is 22.2 Å². The fraction of sp³-hybridized carbons (Fsp3) is 0.158. The van der Waals surface area contributed by atoms with Gasteiger partial charge in [-0.1, -0.05) is 42.5 Å². The van der Waals surface area contributed by atoms with Gasteiger partial charge >= 0.3 is 5.97 Å². The molecule has 0 aliphatic carbocycles. The molecule has 1 aliphatic rings. The predicted octanol–water partition coefficient (Wildman–Crippen LogP) is 3.43. The van der Waals surface area contributed by atoms with Gasteiger partial charge in [0.25, 0.3) is 0 Å². The van der Waals surface area contributed by atoms with E-state index >= 15 is 0 Å². The zero-order valence-corrected chi connectivity index (χ0v) is 12.7. The smallest absolute Gasteiger partial charge is 0.304 e. The lowest BCUT2D eigenvalue weighted by atomic mass is 9.91. The number of nitrogens with zero attached hydrogens (tertiary/aromatic N) is 1. The largest absolute Gasteiger partial charge is 0.488 e. The molecule has 4 rings (SSSR count). The van der Waals surface area contributed by atoms with Crippen molar-refractivity contribution in [3.8, 4) is 5.75 Å². The number of fused-ring (bicyclic) bond motifs is 2. The summed E-state index contributed by atoms with van der Waals surface area (Å²) in [6.45, 7) is 1.64. The third-order valence-electron chi connectivity index (χ3n) is 4.08. The Hall–Kier alpha value is -2.88. The first kappa shape index (κ1) is 13.8. The number of para-hydroxylation sites is 2. The van der Waals surface area contributed by atoms with Crippen LogP contribution >= 0.6 is 0 Å². The maximum atomic E-state index is 11.7. The summed E-state index contributed by atoms with van der Waals surface area (Å²) in [5.74, 6) is 0.365. The van der Waals surface area contributed by atoms with Gasteiger partial charge in [0.1, 0.15) is 12.4 Å². The highest BCUT2D eigenvalue weighted by Gasteiger charge is 2.46. The van der Waals surface area contributed by atoms with Gasteiger partial charge < -0.3 is 9.47 Å². The van der Waals surface area contributed by atoms with Crippen molar-refractivity contribution in [3.05, 3.63) is 71.9 Å². The van der Waals surface area contributed by atoms with Crippen LogP contribution in [0.25, 0.3) is 10.9 Å². The van der Waals surface area contributed by atoms with Crippen molar-refractivity contribution in [1.29, 1.82) is 0 Å². The van der Waals surface area contributed by atoms with Gasteiger partial charge in [0.15, 0.2) is 0 Å². The van der Waals surface area contributed by atoms with Gasteiger partial charge in [-0.3, -0.25) is 4.79 Å². The molecule has 23 heavy (non-hydrogen) atoms. The predicted molar refractivity (Wildman–Crippen MR) is 86.2 cm³/mol. The molecule has 4 nitrogen and oxygen atoms in total. The summed E-state index contributed by atoms with van der Waals surface area (Å²) in [4.78, 5) is 16.5. The number of carbonyl (C=O) groups is 1. The Bertz CT molecular complexity index is 906. The molecule has 2 aromatic carbocycles. The maximum absolute atomic E-state index is 11.7. The third-order valence-corrected chi connectivity index (χ3v) is 4.08. The number of rotatable bonds is 2. The number of esters is 1. The van der Waals surface area contributed by atoms with Gasteiger partial charge in [-0.15, -0.1) is 0 Å². The van der Waals surface area contributed by atoms with Crippen molar-refractivity contribution in [2.45, 2.75) is 12.5 Å². The van der Waals surface area contributed by atoms with E-state index < -0.39 is 5.60 Å². The number of benzene rings is 2. The van der Waals surface area contributed by atoms with E-state index in [2.05, 4.69) is 0 Å². The summed E-state index contributed by atoms with van der Waals surface area (Å²) >= 11 is 0. The molecule has 0 spiro atoms. The first-order valence-corrected chi connectivity index (χ1v) is 7.47. The van der Waals surface area contributed by atoms with Gasteiger partial charge in [0, 0.05) is 17.9 Å². The van der Waals surface area contributed by atoms with E-state index in [-0.39, 0.29) is 12.6 Å². The van der Waals surface area contributed by atoms with Crippen LogP contribution in [0.15, 0.2) is 60.7 Å². The molecule has 0 bridgehead atoms. The molecule has 0 N–H and O–H groups in total. The third kappa shape index (κ3) is 2.14. The molecule has 2 heterocycles. The van der Waals surface area contributed by atoms with Gasteiger partial charge in [-0.05, 0) is 18.2 Å². The molecule has 0 fully saturated rings. The van der Waals surface area contributed by atoms with E-state index in [1.54, 1.807) is 0 Å². The first-order chi connectivity index (χ1) is 11.2. The molecule has 0 radical (unpaired) electrons. The second-order valence-corrected chi connectivity index (χ2v) is 5.59. The number of ether oxygens (including phenoxy) is 2. The van der Waals surface area contributed by atoms with Crippen molar-refractivity contribution in [1.82, 2.24) is 4.98 Å². The van der Waals surface area contributed by atoms with Crippen LogP contribution in [-0.2, 0) is 15.1 Å². The van der Waals surface area contributed by atoms with Gasteiger partial charge in [-0.2, -0.15) is 0 Å². The summed E-state index contributed by atoms with van der Waals surface area (Å²) in [5.41, 5.74) is 1.38. The molecular formula is C19H15NO3. The summed E-state index contributed by atoms with van der Waals surface area (Å²) in [7, 11) is 0. The highest BCUT2D eigenvalue weighted by molar-refractivity contribution is 5.79. The molecule has 0 saturated heterocycles. The standard InChI is InChI=1S/C19H15NO3/c1-13(21)23-19(12-22-17-9-5-3-7-15(17)19)18-11-10-14-6-2-4-8-16(14)20-18/h2-11H,12H2,1H3/t19-/m1/s1. The highest BCUT2D eigenvalue weighted by atomic mass is 16.6. The fourth-order valence-corrected chi connectivity index (χ4v) is 3.07. The molecule has 0 saturated carbocycles. The minimum absolute atomic E-state index is 0.233. The number of hydrogen-bond donors (Lipinski definition) is 0. The lowest BCUT2D eigenvalue weighted by molar-refractivity contribution is -0.155. The Morgan fingerprint density at radius 1 is 1.09 bits per heavy atom. The van der Waals surface area contributed by atoms with Gasteiger partial charge in [-0.25, -0.2) is 4.98 Å². The second kappa shape index (κ2) is 5.09. The maximum Gasteiger partial charge on any atom is 0.304 e. The molecule has 4 heteroatoms. The van der Waals surface area contributed by atoms with Crippen LogP contribution in [0, 0.1) is 0 Å².